The van der Waals surface area contributed by atoms with E-state index in [1.165, 1.54) is 11.0 Å². The van der Waals surface area contributed by atoms with Gasteiger partial charge >= 0.3 is 0 Å². The largest absolute Gasteiger partial charge is 0.288 e. The highest BCUT2D eigenvalue weighted by molar-refractivity contribution is 6.10. The van der Waals surface area contributed by atoms with Gasteiger partial charge in [0.05, 0.1) is 12.1 Å². The number of pyridine rings is 2. The first-order valence-electron chi connectivity index (χ1n) is 6.55. The first kappa shape index (κ1) is 12.0. The Bertz CT molecular complexity index is 878. The van der Waals surface area contributed by atoms with Crippen LogP contribution in [0.5, 0.6) is 0 Å². The number of hydrogen-bond acceptors (Lipinski definition) is 3. The van der Waals surface area contributed by atoms with Crippen LogP contribution in [0.2, 0.25) is 0 Å². The van der Waals surface area contributed by atoms with Crippen LogP contribution in [0.3, 0.4) is 0 Å². The van der Waals surface area contributed by atoms with E-state index in [9.17, 15) is 9.18 Å². The smallest absolute Gasteiger partial charge is 0.263 e. The number of amides is 1. The third-order valence-electron chi connectivity index (χ3n) is 3.61. The van der Waals surface area contributed by atoms with E-state index in [0.29, 0.717) is 23.6 Å². The van der Waals surface area contributed by atoms with Gasteiger partial charge in [0, 0.05) is 11.6 Å². The molecular formula is C16H10FN3O. The Hall–Kier alpha value is -2.82. The molecule has 0 N–H and O–H groups in total. The first-order chi connectivity index (χ1) is 10.2. The Kier molecular flexibility index (Phi) is 2.47. The lowest BCUT2D eigenvalue weighted by atomic mass is 10.1. The van der Waals surface area contributed by atoms with E-state index in [-0.39, 0.29) is 11.5 Å². The monoisotopic (exact) mass is 279 g/mol. The fraction of sp³-hybridized carbons (Fsp3) is 0.0625. The summed E-state index contributed by atoms with van der Waals surface area (Å²) in [5.41, 5.74) is 1.39. The highest BCUT2D eigenvalue weighted by Crippen LogP contribution is 2.29. The molecule has 3 aromatic rings. The third-order valence-corrected chi connectivity index (χ3v) is 3.61. The van der Waals surface area contributed by atoms with Gasteiger partial charge in [0.2, 0.25) is 0 Å². The molecule has 21 heavy (non-hydrogen) atoms. The maximum atomic E-state index is 13.8. The number of hydrogen-bond donors (Lipinski definition) is 0. The van der Waals surface area contributed by atoms with Crippen LogP contribution in [0.15, 0.2) is 48.7 Å². The third kappa shape index (κ3) is 1.78. The Morgan fingerprint density at radius 2 is 2.00 bits per heavy atom. The molecule has 0 radical (unpaired) electrons. The summed E-state index contributed by atoms with van der Waals surface area (Å²) < 4.78 is 13.8. The van der Waals surface area contributed by atoms with Gasteiger partial charge in [-0.1, -0.05) is 12.1 Å². The Morgan fingerprint density at radius 3 is 2.86 bits per heavy atom. The van der Waals surface area contributed by atoms with Gasteiger partial charge in [0.15, 0.2) is 5.65 Å². The van der Waals surface area contributed by atoms with Crippen LogP contribution in [-0.2, 0) is 6.54 Å². The minimum atomic E-state index is -0.487. The number of carbonyl (C=O) groups is 1. The molecule has 0 unspecified atom stereocenters. The maximum Gasteiger partial charge on any atom is 0.263 e. The van der Waals surface area contributed by atoms with Crippen molar-refractivity contribution in [2.75, 3.05) is 4.90 Å². The quantitative estimate of drug-likeness (QED) is 0.688. The number of halogens is 1. The SMILES string of the molecule is O=C1c2c(F)cccc2CN1c1ccc2cccnc2n1. The van der Waals surface area contributed by atoms with Crippen molar-refractivity contribution in [3.8, 4) is 0 Å². The molecule has 4 rings (SSSR count). The van der Waals surface area contributed by atoms with Crippen molar-refractivity contribution in [3.05, 3.63) is 65.6 Å². The van der Waals surface area contributed by atoms with E-state index in [4.69, 9.17) is 0 Å². The summed E-state index contributed by atoms with van der Waals surface area (Å²) in [4.78, 5) is 22.4. The molecule has 0 fully saturated rings. The number of benzene rings is 1. The van der Waals surface area contributed by atoms with E-state index in [1.54, 1.807) is 24.4 Å². The van der Waals surface area contributed by atoms with Gasteiger partial charge in [-0.05, 0) is 35.9 Å². The van der Waals surface area contributed by atoms with Crippen LogP contribution in [0.1, 0.15) is 15.9 Å². The van der Waals surface area contributed by atoms with Gasteiger partial charge in [0.1, 0.15) is 11.6 Å². The van der Waals surface area contributed by atoms with Gasteiger partial charge in [-0.3, -0.25) is 9.69 Å². The van der Waals surface area contributed by atoms with Crippen molar-refractivity contribution in [2.24, 2.45) is 0 Å². The van der Waals surface area contributed by atoms with E-state index in [0.717, 1.165) is 5.39 Å². The van der Waals surface area contributed by atoms with Gasteiger partial charge in [-0.2, -0.15) is 0 Å². The Balaban J connectivity index is 1.81. The predicted octanol–water partition coefficient (Wildman–Crippen LogP) is 2.93. The molecule has 0 saturated heterocycles. The zero-order chi connectivity index (χ0) is 14.4. The predicted molar refractivity (Wildman–Crippen MR) is 76.5 cm³/mol. The van der Waals surface area contributed by atoms with E-state index >= 15 is 0 Å². The lowest BCUT2D eigenvalue weighted by molar-refractivity contribution is 0.0992. The van der Waals surface area contributed by atoms with Gasteiger partial charge in [-0.15, -0.1) is 0 Å². The second kappa shape index (κ2) is 4.34. The first-order valence-corrected chi connectivity index (χ1v) is 6.55. The number of fused-ring (bicyclic) bond motifs is 2. The molecule has 5 heteroatoms. The summed E-state index contributed by atoms with van der Waals surface area (Å²) in [7, 11) is 0. The van der Waals surface area contributed by atoms with E-state index < -0.39 is 5.82 Å². The van der Waals surface area contributed by atoms with Crippen molar-refractivity contribution in [3.63, 3.8) is 0 Å². The van der Waals surface area contributed by atoms with Crippen LogP contribution in [0.4, 0.5) is 10.2 Å². The fourth-order valence-corrected chi connectivity index (χ4v) is 2.60. The molecule has 0 bridgehead atoms. The number of carbonyl (C=O) groups excluding carboxylic acids is 1. The molecule has 102 valence electrons. The van der Waals surface area contributed by atoms with Gasteiger partial charge < -0.3 is 0 Å². The second-order valence-corrected chi connectivity index (χ2v) is 4.88. The van der Waals surface area contributed by atoms with Gasteiger partial charge in [0.25, 0.3) is 5.91 Å². The number of anilines is 1. The number of rotatable bonds is 1. The molecule has 1 aromatic carbocycles. The molecular weight excluding hydrogens is 269 g/mol. The number of aromatic nitrogens is 2. The van der Waals surface area contributed by atoms with Crippen molar-refractivity contribution in [2.45, 2.75) is 6.54 Å². The maximum absolute atomic E-state index is 13.8. The summed E-state index contributed by atoms with van der Waals surface area (Å²) in [6.45, 7) is 0.331. The second-order valence-electron chi connectivity index (χ2n) is 4.88. The molecule has 0 aliphatic carbocycles. The molecule has 4 nitrogen and oxygen atoms in total. The molecule has 1 aliphatic rings. The number of nitrogens with zero attached hydrogens (tertiary/aromatic N) is 3. The van der Waals surface area contributed by atoms with Gasteiger partial charge in [-0.25, -0.2) is 14.4 Å². The fourth-order valence-electron chi connectivity index (χ4n) is 2.60. The summed E-state index contributed by atoms with van der Waals surface area (Å²) in [6, 6.07) is 12.0. The summed E-state index contributed by atoms with van der Waals surface area (Å²) in [6.07, 6.45) is 1.65. The molecule has 1 amide bonds. The Labute approximate surface area is 119 Å². The van der Waals surface area contributed by atoms with Crippen molar-refractivity contribution < 1.29 is 9.18 Å². The highest BCUT2D eigenvalue weighted by atomic mass is 19.1. The standard InChI is InChI=1S/C16H10FN3O/c17-12-5-1-3-11-9-20(16(21)14(11)12)13-7-6-10-4-2-8-18-15(10)19-13/h1-8H,9H2. The minimum absolute atomic E-state index is 0.139. The van der Waals surface area contributed by atoms with Crippen molar-refractivity contribution in [1.29, 1.82) is 0 Å². The van der Waals surface area contributed by atoms with Crippen LogP contribution < -0.4 is 4.90 Å². The van der Waals surface area contributed by atoms with E-state index in [2.05, 4.69) is 9.97 Å². The summed E-state index contributed by atoms with van der Waals surface area (Å²) in [5.74, 6) is -0.355. The lowest BCUT2D eigenvalue weighted by Crippen LogP contribution is -2.24. The van der Waals surface area contributed by atoms with Crippen LogP contribution in [0, 0.1) is 5.82 Å². The normalized spacial score (nSPS) is 13.8. The molecule has 1 aliphatic heterocycles. The molecule has 0 atom stereocenters. The average Bonchev–Trinajstić information content (AvgIpc) is 2.85. The van der Waals surface area contributed by atoms with Crippen LogP contribution in [-0.4, -0.2) is 15.9 Å². The highest BCUT2D eigenvalue weighted by Gasteiger charge is 2.31. The lowest BCUT2D eigenvalue weighted by Gasteiger charge is -2.14. The molecule has 3 heterocycles. The molecule has 0 saturated carbocycles. The topological polar surface area (TPSA) is 46.1 Å². The zero-order valence-corrected chi connectivity index (χ0v) is 11.0. The molecule has 0 spiro atoms. The van der Waals surface area contributed by atoms with Crippen molar-refractivity contribution in [1.82, 2.24) is 9.97 Å². The van der Waals surface area contributed by atoms with Crippen LogP contribution in [0.25, 0.3) is 11.0 Å². The molecule has 2 aromatic heterocycles. The summed E-state index contributed by atoms with van der Waals surface area (Å²) >= 11 is 0. The average molecular weight is 279 g/mol. The summed E-state index contributed by atoms with van der Waals surface area (Å²) in [5, 5.41) is 0.900. The van der Waals surface area contributed by atoms with Crippen molar-refractivity contribution >= 4 is 22.8 Å². The minimum Gasteiger partial charge on any atom is -0.288 e. The Morgan fingerprint density at radius 1 is 1.10 bits per heavy atom. The zero-order valence-electron chi connectivity index (χ0n) is 11.0. The van der Waals surface area contributed by atoms with Crippen LogP contribution >= 0.6 is 0 Å². The van der Waals surface area contributed by atoms with E-state index in [1.807, 2.05) is 18.2 Å².